The van der Waals surface area contributed by atoms with Gasteiger partial charge >= 0.3 is 47.5 Å². The summed E-state index contributed by atoms with van der Waals surface area (Å²) in [5.74, 6) is -4.18. The number of esters is 1. The van der Waals surface area contributed by atoms with Gasteiger partial charge in [-0.25, -0.2) is 4.79 Å². The Bertz CT molecular complexity index is 488. The number of ether oxygens (including phenoxy) is 1. The summed E-state index contributed by atoms with van der Waals surface area (Å²) in [5, 5.41) is 26.9. The van der Waals surface area contributed by atoms with Gasteiger partial charge in [-0.05, 0) is 12.1 Å². The van der Waals surface area contributed by atoms with E-state index in [9.17, 15) is 19.5 Å². The average molecular weight is 292 g/mol. The standard InChI is InChI=1S/C12H12O7.Na.H/c13-9(14)6-12(18,11(16)17)7-10(15)19-8-4-2-1-3-5-8;;/h1-5,18H,6-7H2,(H,13,14)(H,16,17);;. The van der Waals surface area contributed by atoms with Crippen LogP contribution in [0.15, 0.2) is 30.3 Å². The molecule has 0 radical (unpaired) electrons. The van der Waals surface area contributed by atoms with E-state index in [1.807, 2.05) is 0 Å². The fourth-order valence-corrected chi connectivity index (χ4v) is 1.36. The quantitative estimate of drug-likeness (QED) is 0.371. The number of hydrogen-bond acceptors (Lipinski definition) is 5. The van der Waals surface area contributed by atoms with E-state index < -0.39 is 36.4 Å². The second kappa shape index (κ2) is 8.01. The van der Waals surface area contributed by atoms with Gasteiger partial charge in [-0.3, -0.25) is 9.59 Å². The molecule has 0 saturated heterocycles. The van der Waals surface area contributed by atoms with E-state index in [-0.39, 0.29) is 35.3 Å². The zero-order valence-corrected chi connectivity index (χ0v) is 9.78. The van der Waals surface area contributed by atoms with Gasteiger partial charge in [0.15, 0.2) is 5.60 Å². The Morgan fingerprint density at radius 2 is 1.60 bits per heavy atom. The molecule has 0 aliphatic rings. The van der Waals surface area contributed by atoms with E-state index >= 15 is 0 Å². The molecule has 0 aliphatic heterocycles. The molecule has 1 aromatic carbocycles. The van der Waals surface area contributed by atoms with Gasteiger partial charge in [0.1, 0.15) is 5.75 Å². The van der Waals surface area contributed by atoms with Crippen LogP contribution in [0.1, 0.15) is 12.8 Å². The molecule has 0 bridgehead atoms. The van der Waals surface area contributed by atoms with E-state index in [2.05, 4.69) is 0 Å². The van der Waals surface area contributed by atoms with Crippen molar-refractivity contribution in [1.29, 1.82) is 0 Å². The normalized spacial score (nSPS) is 12.7. The predicted molar refractivity (Wildman–Crippen MR) is 68.7 cm³/mol. The minimum absolute atomic E-state index is 0. The summed E-state index contributed by atoms with van der Waals surface area (Å²) in [6.07, 6.45) is -2.05. The summed E-state index contributed by atoms with van der Waals surface area (Å²) in [6, 6.07) is 7.83. The van der Waals surface area contributed by atoms with E-state index in [0.29, 0.717) is 0 Å². The van der Waals surface area contributed by atoms with Gasteiger partial charge in [-0.2, -0.15) is 0 Å². The molecular weight excluding hydrogens is 279 g/mol. The Balaban J connectivity index is 0.00000361. The topological polar surface area (TPSA) is 121 Å². The van der Waals surface area contributed by atoms with Gasteiger partial charge < -0.3 is 20.1 Å². The van der Waals surface area contributed by atoms with Crippen LogP contribution in [0.4, 0.5) is 0 Å². The first kappa shape index (κ1) is 18.6. The number of rotatable bonds is 6. The maximum absolute atomic E-state index is 11.5. The number of aliphatic hydroxyl groups is 1. The number of benzene rings is 1. The van der Waals surface area contributed by atoms with Crippen molar-refractivity contribution in [1.82, 2.24) is 0 Å². The van der Waals surface area contributed by atoms with E-state index in [4.69, 9.17) is 14.9 Å². The summed E-state index contributed by atoms with van der Waals surface area (Å²) in [4.78, 5) is 32.8. The Kier molecular flexibility index (Phi) is 7.44. The van der Waals surface area contributed by atoms with Crippen LogP contribution in [0, 0.1) is 0 Å². The summed E-state index contributed by atoms with van der Waals surface area (Å²) in [5.41, 5.74) is -2.68. The number of carboxylic acid groups (broad SMARTS) is 2. The zero-order valence-electron chi connectivity index (χ0n) is 9.78. The number of aliphatic carboxylic acids is 2. The fraction of sp³-hybridized carbons (Fsp3) is 0.250. The summed E-state index contributed by atoms with van der Waals surface area (Å²) in [7, 11) is 0. The van der Waals surface area contributed by atoms with Crippen LogP contribution in [0.2, 0.25) is 0 Å². The molecule has 0 aliphatic carbocycles. The summed E-state index contributed by atoms with van der Waals surface area (Å²) < 4.78 is 4.79. The molecule has 7 nitrogen and oxygen atoms in total. The fourth-order valence-electron chi connectivity index (χ4n) is 1.36. The molecule has 0 amide bonds. The van der Waals surface area contributed by atoms with Gasteiger partial charge in [-0.15, -0.1) is 0 Å². The molecule has 1 unspecified atom stereocenters. The second-order valence-electron chi connectivity index (χ2n) is 3.87. The van der Waals surface area contributed by atoms with Crippen molar-refractivity contribution < 1.29 is 34.4 Å². The predicted octanol–water partition coefficient (Wildman–Crippen LogP) is -0.376. The maximum atomic E-state index is 11.5. The van der Waals surface area contributed by atoms with Crippen LogP contribution in [0.25, 0.3) is 0 Å². The van der Waals surface area contributed by atoms with Crippen molar-refractivity contribution in [2.75, 3.05) is 0 Å². The van der Waals surface area contributed by atoms with Crippen LogP contribution in [0.3, 0.4) is 0 Å². The molecule has 3 N–H and O–H groups in total. The van der Waals surface area contributed by atoms with Gasteiger partial charge in [0.05, 0.1) is 12.8 Å². The van der Waals surface area contributed by atoms with Crippen LogP contribution < -0.4 is 4.74 Å². The number of carbonyl (C=O) groups is 3. The number of hydrogen-bond donors (Lipinski definition) is 3. The first-order valence-corrected chi connectivity index (χ1v) is 5.27. The molecule has 1 rings (SSSR count). The number of carbonyl (C=O) groups excluding carboxylic acids is 1. The summed E-state index contributed by atoms with van der Waals surface area (Å²) >= 11 is 0. The molecule has 0 spiro atoms. The van der Waals surface area contributed by atoms with Crippen molar-refractivity contribution in [2.45, 2.75) is 18.4 Å². The minimum atomic E-state index is -2.68. The van der Waals surface area contributed by atoms with Crippen molar-refractivity contribution >= 4 is 47.5 Å². The Hall–Kier alpha value is -1.41. The molecule has 1 aromatic rings. The molecule has 104 valence electrons. The van der Waals surface area contributed by atoms with E-state index in [1.165, 1.54) is 12.1 Å². The Morgan fingerprint density at radius 1 is 1.05 bits per heavy atom. The number of para-hydroxylation sites is 1. The van der Waals surface area contributed by atoms with Gasteiger partial charge in [0, 0.05) is 0 Å². The molecule has 1 atom stereocenters. The number of carboxylic acids is 2. The van der Waals surface area contributed by atoms with Crippen LogP contribution >= 0.6 is 0 Å². The molecule has 0 saturated carbocycles. The molecule has 0 fully saturated rings. The third kappa shape index (κ3) is 5.70. The Labute approximate surface area is 136 Å². The molecule has 0 heterocycles. The van der Waals surface area contributed by atoms with Crippen LogP contribution in [0.5, 0.6) is 5.75 Å². The first-order valence-electron chi connectivity index (χ1n) is 5.27. The van der Waals surface area contributed by atoms with E-state index in [0.717, 1.165) is 0 Å². The van der Waals surface area contributed by atoms with Crippen molar-refractivity contribution in [3.8, 4) is 5.75 Å². The zero-order chi connectivity index (χ0) is 14.5. The van der Waals surface area contributed by atoms with Gasteiger partial charge in [0.2, 0.25) is 0 Å². The van der Waals surface area contributed by atoms with Crippen LogP contribution in [-0.2, 0) is 14.4 Å². The van der Waals surface area contributed by atoms with Gasteiger partial charge in [0.25, 0.3) is 0 Å². The summed E-state index contributed by atoms with van der Waals surface area (Å²) in [6.45, 7) is 0. The van der Waals surface area contributed by atoms with Crippen molar-refractivity contribution in [3.05, 3.63) is 30.3 Å². The third-order valence-corrected chi connectivity index (χ3v) is 2.25. The van der Waals surface area contributed by atoms with Gasteiger partial charge in [-0.1, -0.05) is 18.2 Å². The average Bonchev–Trinajstić information content (AvgIpc) is 2.28. The van der Waals surface area contributed by atoms with Crippen LogP contribution in [-0.4, -0.2) is 68.4 Å². The monoisotopic (exact) mass is 292 g/mol. The molecule has 20 heavy (non-hydrogen) atoms. The molecule has 8 heteroatoms. The molecule has 0 aromatic heterocycles. The third-order valence-electron chi connectivity index (χ3n) is 2.25. The first-order chi connectivity index (χ1) is 8.83. The van der Waals surface area contributed by atoms with E-state index in [1.54, 1.807) is 18.2 Å². The molecular formula is C12H13NaO7. The van der Waals surface area contributed by atoms with Crippen molar-refractivity contribution in [3.63, 3.8) is 0 Å². The van der Waals surface area contributed by atoms with Crippen molar-refractivity contribution in [2.24, 2.45) is 0 Å². The Morgan fingerprint density at radius 3 is 2.05 bits per heavy atom. The second-order valence-corrected chi connectivity index (χ2v) is 3.87. The SMILES string of the molecule is O=C(O)CC(O)(CC(=O)Oc1ccccc1)C(=O)O.[NaH].